The first-order valence-corrected chi connectivity index (χ1v) is 7.22. The van der Waals surface area contributed by atoms with Crippen molar-refractivity contribution in [2.24, 2.45) is 0 Å². The zero-order valence-electron chi connectivity index (χ0n) is 11.5. The van der Waals surface area contributed by atoms with Crippen molar-refractivity contribution in [3.05, 3.63) is 42.2 Å². The fourth-order valence-electron chi connectivity index (χ4n) is 1.70. The summed E-state index contributed by atoms with van der Waals surface area (Å²) in [6.07, 6.45) is 5.11. The highest BCUT2D eigenvalue weighted by atomic mass is 35.5. The Kier molecular flexibility index (Phi) is 5.62. The van der Waals surface area contributed by atoms with Crippen LogP contribution in [0.25, 0.3) is 0 Å². The Morgan fingerprint density at radius 2 is 2.00 bits per heavy atom. The fraction of sp³-hybridized carbons (Fsp3) is 0.333. The van der Waals surface area contributed by atoms with E-state index in [0.717, 1.165) is 18.5 Å². The van der Waals surface area contributed by atoms with Crippen LogP contribution < -0.4 is 10.1 Å². The molecule has 0 fully saturated rings. The van der Waals surface area contributed by atoms with E-state index < -0.39 is 0 Å². The Bertz CT molecular complexity index is 531. The molecule has 1 heterocycles. The molecule has 4 nitrogen and oxygen atoms in total. The van der Waals surface area contributed by atoms with Crippen LogP contribution in [-0.2, 0) is 6.42 Å². The van der Waals surface area contributed by atoms with E-state index in [0.29, 0.717) is 24.2 Å². The smallest absolute Gasteiger partial charge is 0.234 e. The minimum absolute atomic E-state index is 0.538. The first-order valence-electron chi connectivity index (χ1n) is 6.68. The van der Waals surface area contributed by atoms with E-state index >= 15 is 0 Å². The molecule has 2 rings (SSSR count). The quantitative estimate of drug-likeness (QED) is 0.789. The molecular weight excluding hydrogens is 274 g/mol. The maximum absolute atomic E-state index is 5.72. The molecule has 1 N–H and O–H groups in total. The van der Waals surface area contributed by atoms with E-state index in [4.69, 9.17) is 16.3 Å². The summed E-state index contributed by atoms with van der Waals surface area (Å²) in [5.74, 6) is 1.84. The monoisotopic (exact) mass is 291 g/mol. The molecule has 0 amide bonds. The second kappa shape index (κ2) is 7.70. The van der Waals surface area contributed by atoms with Crippen molar-refractivity contribution in [2.75, 3.05) is 17.8 Å². The Hall–Kier alpha value is -1.81. The molecule has 1 aromatic heterocycles. The molecule has 0 radical (unpaired) electrons. The summed E-state index contributed by atoms with van der Waals surface area (Å²) >= 11 is 5.72. The van der Waals surface area contributed by atoms with Crippen molar-refractivity contribution in [2.45, 2.75) is 19.8 Å². The molecule has 0 aliphatic carbocycles. The van der Waals surface area contributed by atoms with Crippen LogP contribution in [0.5, 0.6) is 5.88 Å². The standard InChI is InChI=1S/C15H18ClN3O/c1-2-9-20-15-11-17-10-14(19-15)18-13-5-3-12(4-6-13)7-8-16/h3-6,10-11H,2,7-9H2,1H3,(H,18,19). The van der Waals surface area contributed by atoms with Crippen LogP contribution in [0.4, 0.5) is 11.5 Å². The molecule has 0 saturated carbocycles. The first kappa shape index (κ1) is 14.6. The molecule has 0 spiro atoms. The Morgan fingerprint density at radius 3 is 2.70 bits per heavy atom. The molecule has 1 aromatic carbocycles. The third kappa shape index (κ3) is 4.38. The van der Waals surface area contributed by atoms with Gasteiger partial charge >= 0.3 is 0 Å². The predicted octanol–water partition coefficient (Wildman–Crippen LogP) is 3.79. The number of rotatable bonds is 7. The number of aromatic nitrogens is 2. The van der Waals surface area contributed by atoms with E-state index in [-0.39, 0.29) is 0 Å². The molecule has 0 aliphatic rings. The van der Waals surface area contributed by atoms with Crippen molar-refractivity contribution in [1.29, 1.82) is 0 Å². The number of nitrogens with zero attached hydrogens (tertiary/aromatic N) is 2. The lowest BCUT2D eigenvalue weighted by atomic mass is 10.1. The van der Waals surface area contributed by atoms with Gasteiger partial charge in [0.1, 0.15) is 0 Å². The third-order valence-electron chi connectivity index (χ3n) is 2.68. The van der Waals surface area contributed by atoms with Gasteiger partial charge in [-0.25, -0.2) is 0 Å². The SMILES string of the molecule is CCCOc1cncc(Nc2ccc(CCCl)cc2)n1. The average Bonchev–Trinajstić information content (AvgIpc) is 2.48. The molecule has 0 bridgehead atoms. The van der Waals surface area contributed by atoms with Crippen molar-refractivity contribution in [3.63, 3.8) is 0 Å². The van der Waals surface area contributed by atoms with Gasteiger partial charge < -0.3 is 10.1 Å². The van der Waals surface area contributed by atoms with Crippen LogP contribution in [0.3, 0.4) is 0 Å². The first-order chi connectivity index (χ1) is 9.81. The van der Waals surface area contributed by atoms with Crippen molar-refractivity contribution in [3.8, 4) is 5.88 Å². The van der Waals surface area contributed by atoms with Crippen molar-refractivity contribution >= 4 is 23.1 Å². The summed E-state index contributed by atoms with van der Waals surface area (Å²) in [6, 6.07) is 8.11. The largest absolute Gasteiger partial charge is 0.477 e. The number of hydrogen-bond donors (Lipinski definition) is 1. The molecule has 0 saturated heterocycles. The minimum atomic E-state index is 0.538. The summed E-state index contributed by atoms with van der Waals surface area (Å²) in [5.41, 5.74) is 2.18. The van der Waals surface area contributed by atoms with Gasteiger partial charge in [0.25, 0.3) is 0 Å². The zero-order valence-corrected chi connectivity index (χ0v) is 12.2. The van der Waals surface area contributed by atoms with E-state index in [1.54, 1.807) is 12.4 Å². The van der Waals surface area contributed by atoms with Gasteiger partial charge in [-0.05, 0) is 30.5 Å². The van der Waals surface area contributed by atoms with Crippen LogP contribution in [0, 0.1) is 0 Å². The van der Waals surface area contributed by atoms with Gasteiger partial charge in [-0.3, -0.25) is 4.98 Å². The van der Waals surface area contributed by atoms with E-state index in [1.807, 2.05) is 12.1 Å². The highest BCUT2D eigenvalue weighted by Gasteiger charge is 2.01. The molecule has 20 heavy (non-hydrogen) atoms. The molecule has 0 atom stereocenters. The second-order valence-electron chi connectivity index (χ2n) is 4.35. The molecule has 0 aliphatic heterocycles. The number of alkyl halides is 1. The number of nitrogens with one attached hydrogen (secondary N) is 1. The number of halogens is 1. The summed E-state index contributed by atoms with van der Waals surface area (Å²) < 4.78 is 5.46. The third-order valence-corrected chi connectivity index (χ3v) is 2.87. The molecule has 0 unspecified atom stereocenters. The van der Waals surface area contributed by atoms with E-state index in [2.05, 4.69) is 34.3 Å². The lowest BCUT2D eigenvalue weighted by Crippen LogP contribution is -2.01. The summed E-state index contributed by atoms with van der Waals surface area (Å²) in [4.78, 5) is 8.46. The number of hydrogen-bond acceptors (Lipinski definition) is 4. The summed E-state index contributed by atoms with van der Waals surface area (Å²) in [7, 11) is 0. The normalized spacial score (nSPS) is 10.3. The van der Waals surface area contributed by atoms with E-state index in [9.17, 15) is 0 Å². The molecule has 5 heteroatoms. The zero-order chi connectivity index (χ0) is 14.2. The topological polar surface area (TPSA) is 47.0 Å². The highest BCUT2D eigenvalue weighted by molar-refractivity contribution is 6.17. The predicted molar refractivity (Wildman–Crippen MR) is 82.0 cm³/mol. The van der Waals surface area contributed by atoms with Crippen molar-refractivity contribution < 1.29 is 4.74 Å². The van der Waals surface area contributed by atoms with Gasteiger partial charge in [-0.1, -0.05) is 19.1 Å². The van der Waals surface area contributed by atoms with Gasteiger partial charge in [0.2, 0.25) is 5.88 Å². The number of anilines is 2. The summed E-state index contributed by atoms with van der Waals surface area (Å²) in [6.45, 7) is 2.70. The fourth-order valence-corrected chi connectivity index (χ4v) is 1.91. The van der Waals surface area contributed by atoms with Gasteiger partial charge in [-0.2, -0.15) is 4.98 Å². The maximum atomic E-state index is 5.72. The Morgan fingerprint density at radius 1 is 1.20 bits per heavy atom. The molecule has 106 valence electrons. The van der Waals surface area contributed by atoms with Gasteiger partial charge in [0.05, 0.1) is 19.0 Å². The Labute approximate surface area is 124 Å². The van der Waals surface area contributed by atoms with Crippen LogP contribution in [0.15, 0.2) is 36.7 Å². The minimum Gasteiger partial charge on any atom is -0.477 e. The Balaban J connectivity index is 2.01. The van der Waals surface area contributed by atoms with Crippen LogP contribution in [0.1, 0.15) is 18.9 Å². The number of aryl methyl sites for hydroxylation is 1. The van der Waals surface area contributed by atoms with Crippen LogP contribution >= 0.6 is 11.6 Å². The van der Waals surface area contributed by atoms with Gasteiger partial charge in [-0.15, -0.1) is 11.6 Å². The maximum Gasteiger partial charge on any atom is 0.234 e. The van der Waals surface area contributed by atoms with Crippen molar-refractivity contribution in [1.82, 2.24) is 9.97 Å². The van der Waals surface area contributed by atoms with Crippen LogP contribution in [-0.4, -0.2) is 22.5 Å². The van der Waals surface area contributed by atoms with Gasteiger partial charge in [0, 0.05) is 11.6 Å². The number of benzene rings is 1. The van der Waals surface area contributed by atoms with Crippen LogP contribution in [0.2, 0.25) is 0 Å². The second-order valence-corrected chi connectivity index (χ2v) is 4.73. The molecule has 2 aromatic rings. The lowest BCUT2D eigenvalue weighted by molar-refractivity contribution is 0.304. The highest BCUT2D eigenvalue weighted by Crippen LogP contribution is 2.17. The number of ether oxygens (including phenoxy) is 1. The lowest BCUT2D eigenvalue weighted by Gasteiger charge is -2.08. The average molecular weight is 292 g/mol. The molecular formula is C15H18ClN3O. The van der Waals surface area contributed by atoms with Gasteiger partial charge in [0.15, 0.2) is 5.82 Å². The summed E-state index contributed by atoms with van der Waals surface area (Å²) in [5, 5.41) is 3.20. The van der Waals surface area contributed by atoms with E-state index in [1.165, 1.54) is 5.56 Å².